The van der Waals surface area contributed by atoms with E-state index >= 15 is 0 Å². The summed E-state index contributed by atoms with van der Waals surface area (Å²) in [5.74, 6) is -1.24. The van der Waals surface area contributed by atoms with Crippen molar-refractivity contribution in [2.45, 2.75) is 135 Å². The lowest BCUT2D eigenvalue weighted by molar-refractivity contribution is -0.870. The zero-order chi connectivity index (χ0) is 46.9. The van der Waals surface area contributed by atoms with E-state index in [1.54, 1.807) is 42.5 Å². The van der Waals surface area contributed by atoms with E-state index in [-0.39, 0.29) is 32.3 Å². The van der Waals surface area contributed by atoms with Crippen LogP contribution in [0.4, 0.5) is 0 Å². The molecular formula is C50H81NO11P+. The van der Waals surface area contributed by atoms with Crippen molar-refractivity contribution in [3.8, 4) is 0 Å². The Labute approximate surface area is 379 Å². The highest BCUT2D eigenvalue weighted by molar-refractivity contribution is 7.47. The van der Waals surface area contributed by atoms with Crippen LogP contribution >= 0.6 is 7.82 Å². The van der Waals surface area contributed by atoms with Gasteiger partial charge in [0.05, 0.1) is 46.1 Å². The number of unbranched alkanes of at least 4 members (excludes halogenated alkanes) is 2. The second-order valence-corrected chi connectivity index (χ2v) is 17.4. The molecule has 0 radical (unpaired) electrons. The lowest BCUT2D eigenvalue weighted by atomic mass is 10.1. The molecule has 0 aromatic heterocycles. The molecule has 0 fully saturated rings. The Morgan fingerprint density at radius 2 is 1.16 bits per heavy atom. The normalized spacial score (nSPS) is 16.1. The maximum Gasteiger partial charge on any atom is 0.472 e. The summed E-state index contributed by atoms with van der Waals surface area (Å²) in [5.41, 5.74) is 0. The fourth-order valence-electron chi connectivity index (χ4n) is 5.19. The third-order valence-corrected chi connectivity index (χ3v) is 9.84. The molecule has 0 heterocycles. The minimum Gasteiger partial charge on any atom is -0.462 e. The maximum atomic E-state index is 12.7. The van der Waals surface area contributed by atoms with Gasteiger partial charge in [-0.2, -0.15) is 0 Å². The SMILES string of the molecule is CC/C=C\C/C=C\C/C=C\C/C=C\C/C=C\C/C=C\CCC(=O)O[C@H](COC(=O)CCC[C@@H](O)[C@H](O)/C=C/C=C/C=C\C=C\[C@H](O)CCCCC)COP(=O)(O)OCC[N+](C)(C)C. The van der Waals surface area contributed by atoms with Gasteiger partial charge in [0.25, 0.3) is 0 Å². The number of nitrogens with zero attached hydrogens (tertiary/aromatic N) is 1. The van der Waals surface area contributed by atoms with Gasteiger partial charge in [0.1, 0.15) is 19.8 Å². The van der Waals surface area contributed by atoms with Crippen LogP contribution in [0.25, 0.3) is 0 Å². The van der Waals surface area contributed by atoms with Crippen LogP contribution in [0.3, 0.4) is 0 Å². The molecule has 5 atom stereocenters. The number of carbonyl (C=O) groups is 2. The average Bonchev–Trinajstić information content (AvgIpc) is 3.23. The smallest absolute Gasteiger partial charge is 0.462 e. The number of carbonyl (C=O) groups excluding carboxylic acids is 2. The predicted octanol–water partition coefficient (Wildman–Crippen LogP) is 9.82. The topological polar surface area (TPSA) is 169 Å². The van der Waals surface area contributed by atoms with Gasteiger partial charge in [0, 0.05) is 12.8 Å². The molecule has 0 aliphatic heterocycles. The fraction of sp³-hybridized carbons (Fsp3) is 0.560. The molecule has 0 aliphatic rings. The summed E-state index contributed by atoms with van der Waals surface area (Å²) in [6, 6.07) is 0. The first-order valence-corrected chi connectivity index (χ1v) is 24.1. The van der Waals surface area contributed by atoms with Gasteiger partial charge in [-0.15, -0.1) is 0 Å². The highest BCUT2D eigenvalue weighted by Gasteiger charge is 2.27. The number of esters is 2. The Kier molecular flexibility index (Phi) is 37.5. The minimum absolute atomic E-state index is 0.0339. The molecule has 356 valence electrons. The average molecular weight is 903 g/mol. The number of hydrogen-bond acceptors (Lipinski definition) is 10. The summed E-state index contributed by atoms with van der Waals surface area (Å²) in [4.78, 5) is 35.4. The van der Waals surface area contributed by atoms with Crippen molar-refractivity contribution in [2.24, 2.45) is 0 Å². The highest BCUT2D eigenvalue weighted by atomic mass is 31.2. The third kappa shape index (κ3) is 42.0. The number of quaternary nitrogens is 1. The van der Waals surface area contributed by atoms with E-state index in [1.165, 1.54) is 6.08 Å². The minimum atomic E-state index is -4.49. The highest BCUT2D eigenvalue weighted by Crippen LogP contribution is 2.43. The van der Waals surface area contributed by atoms with E-state index in [2.05, 4.69) is 68.5 Å². The van der Waals surface area contributed by atoms with E-state index in [0.717, 1.165) is 57.8 Å². The Morgan fingerprint density at radius 1 is 0.619 bits per heavy atom. The number of likely N-dealkylation sites (N-methyl/N-ethyl adjacent to an activating group) is 1. The van der Waals surface area contributed by atoms with Crippen LogP contribution in [0.15, 0.2) is 122 Å². The molecule has 1 unspecified atom stereocenters. The summed E-state index contributed by atoms with van der Waals surface area (Å²) in [6.45, 7) is 3.68. The molecule has 12 nitrogen and oxygen atoms in total. The van der Waals surface area contributed by atoms with Gasteiger partial charge in [-0.3, -0.25) is 18.6 Å². The van der Waals surface area contributed by atoms with Gasteiger partial charge in [0.2, 0.25) is 0 Å². The molecule has 0 aromatic rings. The molecule has 63 heavy (non-hydrogen) atoms. The van der Waals surface area contributed by atoms with E-state index < -0.39 is 57.4 Å². The molecule has 0 rings (SSSR count). The molecule has 0 aliphatic carbocycles. The lowest BCUT2D eigenvalue weighted by Crippen LogP contribution is -2.37. The van der Waals surface area contributed by atoms with Crippen molar-refractivity contribution < 1.29 is 57.4 Å². The van der Waals surface area contributed by atoms with Gasteiger partial charge >= 0.3 is 19.8 Å². The molecule has 0 aromatic carbocycles. The third-order valence-electron chi connectivity index (χ3n) is 8.86. The van der Waals surface area contributed by atoms with Gasteiger partial charge in [-0.1, -0.05) is 155 Å². The van der Waals surface area contributed by atoms with Crippen LogP contribution in [0.1, 0.15) is 110 Å². The zero-order valence-electron chi connectivity index (χ0n) is 38.8. The van der Waals surface area contributed by atoms with Crippen molar-refractivity contribution in [3.63, 3.8) is 0 Å². The first kappa shape index (κ1) is 59.3. The van der Waals surface area contributed by atoms with Crippen LogP contribution in [-0.4, -0.2) is 109 Å². The summed E-state index contributed by atoms with van der Waals surface area (Å²) < 4.78 is 33.9. The number of ether oxygens (including phenoxy) is 2. The van der Waals surface area contributed by atoms with Gasteiger partial charge in [-0.25, -0.2) is 4.57 Å². The number of rotatable bonds is 38. The lowest BCUT2D eigenvalue weighted by Gasteiger charge is -2.24. The van der Waals surface area contributed by atoms with E-state index in [0.29, 0.717) is 23.9 Å². The standard InChI is InChI=1S/C50H80NO11P/c1-6-8-10-11-12-13-14-15-16-17-18-19-20-21-22-23-24-29-33-39-50(56)62-46(44-61-63(57,58)60-42-41-51(3,4)5)43-59-49(55)40-34-38-48(54)47(53)37-32-28-26-25-27-31-36-45(52)35-30-9-7-2/h8,10,12-13,15-16,18-19,21-22,24-29,31-32,36-37,45-48,52-54H,6-7,9,11,14,17,20,23,30,33-35,38-44H2,1-5H3/p+1/b10-8-,13-12-,16-15-,19-18-,22-21-,27-25-,28-26+,29-24-,36-31+,37-32+/t45-,46-,47-,48-/m1/s1. The van der Waals surface area contributed by atoms with Crippen molar-refractivity contribution >= 4 is 19.8 Å². The molecule has 0 saturated carbocycles. The Hall–Kier alpha value is -3.71. The second kappa shape index (κ2) is 39.8. The number of allylic oxidation sites excluding steroid dienone is 18. The van der Waals surface area contributed by atoms with Crippen molar-refractivity contribution in [1.82, 2.24) is 0 Å². The maximum absolute atomic E-state index is 12.7. The van der Waals surface area contributed by atoms with Crippen molar-refractivity contribution in [1.29, 1.82) is 0 Å². The molecule has 0 saturated heterocycles. The summed E-state index contributed by atoms with van der Waals surface area (Å²) in [7, 11) is 1.22. The van der Waals surface area contributed by atoms with Gasteiger partial charge in [0.15, 0.2) is 6.10 Å². The fourth-order valence-corrected chi connectivity index (χ4v) is 5.93. The predicted molar refractivity (Wildman–Crippen MR) is 255 cm³/mol. The van der Waals surface area contributed by atoms with Crippen molar-refractivity contribution in [2.75, 3.05) is 47.5 Å². The van der Waals surface area contributed by atoms with E-state index in [4.69, 9.17) is 18.5 Å². The van der Waals surface area contributed by atoms with E-state index in [1.807, 2.05) is 39.4 Å². The molecule has 0 bridgehead atoms. The Morgan fingerprint density at radius 3 is 1.71 bits per heavy atom. The summed E-state index contributed by atoms with van der Waals surface area (Å²) >= 11 is 0. The first-order chi connectivity index (χ1) is 30.2. The summed E-state index contributed by atoms with van der Waals surface area (Å²) in [6.07, 6.45) is 44.9. The van der Waals surface area contributed by atoms with Crippen LogP contribution in [0.2, 0.25) is 0 Å². The van der Waals surface area contributed by atoms with Crippen LogP contribution in [0.5, 0.6) is 0 Å². The van der Waals surface area contributed by atoms with E-state index in [9.17, 15) is 34.4 Å². The molecular weight excluding hydrogens is 822 g/mol. The van der Waals surface area contributed by atoms with Gasteiger partial charge in [-0.05, 0) is 64.2 Å². The Bertz CT molecular complexity index is 1530. The molecule has 4 N–H and O–H groups in total. The quantitative estimate of drug-likeness (QED) is 0.0116. The largest absolute Gasteiger partial charge is 0.472 e. The number of phosphoric acid groups is 1. The van der Waals surface area contributed by atoms with Gasteiger partial charge < -0.3 is 34.2 Å². The monoisotopic (exact) mass is 903 g/mol. The molecule has 13 heteroatoms. The van der Waals surface area contributed by atoms with Crippen LogP contribution < -0.4 is 0 Å². The van der Waals surface area contributed by atoms with Crippen molar-refractivity contribution in [3.05, 3.63) is 122 Å². The summed E-state index contributed by atoms with van der Waals surface area (Å²) in [5, 5.41) is 30.5. The first-order valence-electron chi connectivity index (χ1n) is 22.6. The van der Waals surface area contributed by atoms with Crippen LogP contribution in [-0.2, 0) is 32.7 Å². The number of aliphatic hydroxyl groups excluding tert-OH is 3. The zero-order valence-corrected chi connectivity index (χ0v) is 39.7. The number of aliphatic hydroxyl groups is 3. The number of hydrogen-bond donors (Lipinski definition) is 4. The van der Waals surface area contributed by atoms with Crippen LogP contribution in [0, 0.1) is 0 Å². The number of phosphoric ester groups is 1. The second-order valence-electron chi connectivity index (χ2n) is 15.9. The Balaban J connectivity index is 4.81. The molecule has 0 amide bonds. The molecule has 0 spiro atoms.